The van der Waals surface area contributed by atoms with Crippen LogP contribution in [0, 0.1) is 0 Å². The van der Waals surface area contributed by atoms with Crippen LogP contribution < -0.4 is 16.4 Å². The predicted molar refractivity (Wildman–Crippen MR) is 78.0 cm³/mol. The maximum atomic E-state index is 11.7. The third kappa shape index (κ3) is 6.21. The molecule has 1 rings (SSSR count). The summed E-state index contributed by atoms with van der Waals surface area (Å²) < 4.78 is 4.92. The van der Waals surface area contributed by atoms with Crippen LogP contribution in [0.15, 0.2) is 18.2 Å². The van der Waals surface area contributed by atoms with Crippen LogP contribution in [-0.4, -0.2) is 38.1 Å². The largest absolute Gasteiger partial charge is 0.370 e. The van der Waals surface area contributed by atoms with E-state index in [1.165, 1.54) is 0 Å². The highest BCUT2D eigenvalue weighted by Gasteiger charge is 2.08. The van der Waals surface area contributed by atoms with Gasteiger partial charge in [-0.2, -0.15) is 0 Å². The summed E-state index contributed by atoms with van der Waals surface area (Å²) in [5.41, 5.74) is 5.28. The SMILES string of the molecule is NC(=O)COCCNCC(=O)Nc1c(Cl)cccc1Cl. The van der Waals surface area contributed by atoms with E-state index < -0.39 is 5.91 Å². The molecule has 0 aromatic heterocycles. The van der Waals surface area contributed by atoms with Gasteiger partial charge in [-0.1, -0.05) is 29.3 Å². The molecule has 0 atom stereocenters. The summed E-state index contributed by atoms with van der Waals surface area (Å²) in [7, 11) is 0. The zero-order valence-electron chi connectivity index (χ0n) is 10.6. The van der Waals surface area contributed by atoms with Gasteiger partial charge in [-0.25, -0.2) is 0 Å². The summed E-state index contributed by atoms with van der Waals surface area (Å²) in [5, 5.41) is 6.19. The monoisotopic (exact) mass is 319 g/mol. The molecule has 1 aromatic rings. The maximum Gasteiger partial charge on any atom is 0.243 e. The molecule has 0 bridgehead atoms. The number of rotatable bonds is 8. The summed E-state index contributed by atoms with van der Waals surface area (Å²) >= 11 is 11.8. The Kier molecular flexibility index (Phi) is 7.32. The highest BCUT2D eigenvalue weighted by atomic mass is 35.5. The Hall–Kier alpha value is -1.34. The molecular weight excluding hydrogens is 305 g/mol. The van der Waals surface area contributed by atoms with Crippen molar-refractivity contribution >= 4 is 40.7 Å². The first-order valence-electron chi connectivity index (χ1n) is 5.81. The second kappa shape index (κ2) is 8.76. The molecule has 0 aliphatic carbocycles. The number of nitrogens with two attached hydrogens (primary N) is 1. The molecule has 4 N–H and O–H groups in total. The summed E-state index contributed by atoms with van der Waals surface area (Å²) in [6, 6.07) is 4.96. The van der Waals surface area contributed by atoms with E-state index in [1.54, 1.807) is 18.2 Å². The van der Waals surface area contributed by atoms with E-state index in [4.69, 9.17) is 33.7 Å². The van der Waals surface area contributed by atoms with E-state index in [9.17, 15) is 9.59 Å². The van der Waals surface area contributed by atoms with Gasteiger partial charge in [0.2, 0.25) is 11.8 Å². The van der Waals surface area contributed by atoms with E-state index in [-0.39, 0.29) is 25.7 Å². The number of nitrogens with one attached hydrogen (secondary N) is 2. The lowest BCUT2D eigenvalue weighted by atomic mass is 10.3. The van der Waals surface area contributed by atoms with Crippen molar-refractivity contribution in [3.8, 4) is 0 Å². The van der Waals surface area contributed by atoms with Crippen molar-refractivity contribution < 1.29 is 14.3 Å². The molecule has 0 spiro atoms. The molecule has 0 saturated heterocycles. The second-order valence-electron chi connectivity index (χ2n) is 3.84. The fourth-order valence-corrected chi connectivity index (χ4v) is 1.81. The Bertz CT molecular complexity index is 463. The third-order valence-electron chi connectivity index (χ3n) is 2.18. The Morgan fingerprint density at radius 2 is 1.90 bits per heavy atom. The van der Waals surface area contributed by atoms with Crippen LogP contribution in [-0.2, 0) is 14.3 Å². The minimum Gasteiger partial charge on any atom is -0.370 e. The van der Waals surface area contributed by atoms with Crippen molar-refractivity contribution in [2.45, 2.75) is 0 Å². The fourth-order valence-electron chi connectivity index (χ4n) is 1.32. The number of carbonyl (C=O) groups is 2. The number of carbonyl (C=O) groups excluding carboxylic acids is 2. The van der Waals surface area contributed by atoms with Crippen molar-refractivity contribution in [2.75, 3.05) is 31.6 Å². The number of amides is 2. The number of halogens is 2. The average Bonchev–Trinajstić information content (AvgIpc) is 2.38. The molecule has 1 aromatic carbocycles. The molecule has 8 heteroatoms. The first-order valence-corrected chi connectivity index (χ1v) is 6.57. The van der Waals surface area contributed by atoms with Gasteiger partial charge in [-0.15, -0.1) is 0 Å². The van der Waals surface area contributed by atoms with Crippen LogP contribution in [0.5, 0.6) is 0 Å². The summed E-state index contributed by atoms with van der Waals surface area (Å²) in [6.07, 6.45) is 0. The number of hydrogen-bond donors (Lipinski definition) is 3. The minimum atomic E-state index is -0.531. The lowest BCUT2D eigenvalue weighted by molar-refractivity contribution is -0.122. The molecule has 0 heterocycles. The van der Waals surface area contributed by atoms with Crippen molar-refractivity contribution in [3.63, 3.8) is 0 Å². The number of hydrogen-bond acceptors (Lipinski definition) is 4. The molecule has 0 aliphatic rings. The molecule has 0 saturated carbocycles. The first-order chi connectivity index (χ1) is 9.50. The lowest BCUT2D eigenvalue weighted by Crippen LogP contribution is -2.31. The highest BCUT2D eigenvalue weighted by molar-refractivity contribution is 6.39. The number of anilines is 1. The zero-order valence-corrected chi connectivity index (χ0v) is 12.1. The molecule has 20 heavy (non-hydrogen) atoms. The molecule has 110 valence electrons. The zero-order chi connectivity index (χ0) is 15.0. The Balaban J connectivity index is 2.25. The van der Waals surface area contributed by atoms with Gasteiger partial charge in [0, 0.05) is 6.54 Å². The molecule has 0 unspecified atom stereocenters. The van der Waals surface area contributed by atoms with E-state index in [0.717, 1.165) is 0 Å². The first kappa shape index (κ1) is 16.7. The number of ether oxygens (including phenoxy) is 1. The predicted octanol–water partition coefficient (Wildman–Crippen LogP) is 1.02. The normalized spacial score (nSPS) is 10.3. The second-order valence-corrected chi connectivity index (χ2v) is 4.65. The molecule has 6 nitrogen and oxygen atoms in total. The van der Waals surface area contributed by atoms with Gasteiger partial charge in [0.15, 0.2) is 0 Å². The number of benzene rings is 1. The van der Waals surface area contributed by atoms with E-state index in [1.807, 2.05) is 0 Å². The molecule has 2 amide bonds. The van der Waals surface area contributed by atoms with Crippen molar-refractivity contribution in [1.29, 1.82) is 0 Å². The van der Waals surface area contributed by atoms with Gasteiger partial charge >= 0.3 is 0 Å². The van der Waals surface area contributed by atoms with Crippen LogP contribution in [0.2, 0.25) is 10.0 Å². The smallest absolute Gasteiger partial charge is 0.243 e. The van der Waals surface area contributed by atoms with Crippen molar-refractivity contribution in [3.05, 3.63) is 28.2 Å². The summed E-state index contributed by atoms with van der Waals surface area (Å²) in [4.78, 5) is 22.0. The van der Waals surface area contributed by atoms with Crippen molar-refractivity contribution in [1.82, 2.24) is 5.32 Å². The van der Waals surface area contributed by atoms with Crippen LogP contribution >= 0.6 is 23.2 Å². The number of para-hydroxylation sites is 1. The summed E-state index contributed by atoms with van der Waals surface area (Å²) in [6.45, 7) is 0.630. The van der Waals surface area contributed by atoms with Crippen LogP contribution in [0.4, 0.5) is 5.69 Å². The Labute approximate surface area is 126 Å². The Morgan fingerprint density at radius 1 is 1.25 bits per heavy atom. The third-order valence-corrected chi connectivity index (χ3v) is 2.81. The average molecular weight is 320 g/mol. The van der Waals surface area contributed by atoms with Gasteiger partial charge in [0.05, 0.1) is 28.9 Å². The lowest BCUT2D eigenvalue weighted by Gasteiger charge is -2.09. The topological polar surface area (TPSA) is 93.5 Å². The van der Waals surface area contributed by atoms with Gasteiger partial charge in [-0.05, 0) is 12.1 Å². The van der Waals surface area contributed by atoms with Gasteiger partial charge < -0.3 is 21.1 Å². The van der Waals surface area contributed by atoms with Gasteiger partial charge in [0.25, 0.3) is 0 Å². The Morgan fingerprint density at radius 3 is 2.50 bits per heavy atom. The van der Waals surface area contributed by atoms with Crippen LogP contribution in [0.3, 0.4) is 0 Å². The van der Waals surface area contributed by atoms with Crippen LogP contribution in [0.25, 0.3) is 0 Å². The summed E-state index contributed by atoms with van der Waals surface area (Å²) in [5.74, 6) is -0.814. The molecule has 0 aliphatic heterocycles. The molecular formula is C12H15Cl2N3O3. The van der Waals surface area contributed by atoms with Gasteiger partial charge in [-0.3, -0.25) is 9.59 Å². The molecule has 0 radical (unpaired) electrons. The quantitative estimate of drug-likeness (QED) is 0.624. The van der Waals surface area contributed by atoms with Crippen molar-refractivity contribution in [2.24, 2.45) is 5.73 Å². The highest BCUT2D eigenvalue weighted by Crippen LogP contribution is 2.29. The number of primary amides is 1. The fraction of sp³-hybridized carbons (Fsp3) is 0.333. The van der Waals surface area contributed by atoms with E-state index in [2.05, 4.69) is 10.6 Å². The maximum absolute atomic E-state index is 11.7. The standard InChI is InChI=1S/C12H15Cl2N3O3/c13-8-2-1-3-9(14)12(8)17-11(19)6-16-4-5-20-7-10(15)18/h1-3,16H,4-7H2,(H2,15,18)(H,17,19). The minimum absolute atomic E-state index is 0.0709. The van der Waals surface area contributed by atoms with E-state index >= 15 is 0 Å². The molecule has 0 fully saturated rings. The van der Waals surface area contributed by atoms with Crippen LogP contribution in [0.1, 0.15) is 0 Å². The van der Waals surface area contributed by atoms with E-state index in [0.29, 0.717) is 22.3 Å². The van der Waals surface area contributed by atoms with Gasteiger partial charge in [0.1, 0.15) is 6.61 Å².